The summed E-state index contributed by atoms with van der Waals surface area (Å²) < 4.78 is 0. The van der Waals surface area contributed by atoms with E-state index >= 15 is 0 Å². The van der Waals surface area contributed by atoms with Gasteiger partial charge in [-0.2, -0.15) is 0 Å². The molecular formula is C17H14N2O. The highest BCUT2D eigenvalue weighted by molar-refractivity contribution is 6.10. The van der Waals surface area contributed by atoms with Gasteiger partial charge in [0.1, 0.15) is 5.69 Å². The molecule has 0 bridgehead atoms. The van der Waals surface area contributed by atoms with Gasteiger partial charge in [0.15, 0.2) is 0 Å². The van der Waals surface area contributed by atoms with E-state index in [1.54, 1.807) is 18.5 Å². The number of nitrogens with zero attached hydrogens (tertiary/aromatic N) is 2. The van der Waals surface area contributed by atoms with E-state index in [1.165, 1.54) is 0 Å². The van der Waals surface area contributed by atoms with E-state index < -0.39 is 0 Å². The average Bonchev–Trinajstić information content (AvgIpc) is 2.46. The predicted octanol–water partition coefficient (Wildman–Crippen LogP) is 3.48. The zero-order valence-electron chi connectivity index (χ0n) is 11.4. The van der Waals surface area contributed by atoms with Gasteiger partial charge in [0.2, 0.25) is 5.78 Å². The summed E-state index contributed by atoms with van der Waals surface area (Å²) in [7, 11) is 0. The fraction of sp³-hybridized carbons (Fsp3) is 0.118. The second-order valence-corrected chi connectivity index (χ2v) is 4.92. The van der Waals surface area contributed by atoms with Crippen LogP contribution in [-0.4, -0.2) is 15.8 Å². The summed E-state index contributed by atoms with van der Waals surface area (Å²) in [5, 5.41) is 0.961. The predicted molar refractivity (Wildman–Crippen MR) is 78.9 cm³/mol. The summed E-state index contributed by atoms with van der Waals surface area (Å²) in [6.07, 6.45) is 3.47. The van der Waals surface area contributed by atoms with Gasteiger partial charge in [0, 0.05) is 23.3 Å². The third-order valence-corrected chi connectivity index (χ3v) is 3.30. The molecule has 1 aromatic carbocycles. The Bertz CT molecular complexity index is 809. The summed E-state index contributed by atoms with van der Waals surface area (Å²) in [6.45, 7) is 3.88. The lowest BCUT2D eigenvalue weighted by molar-refractivity contribution is 0.103. The van der Waals surface area contributed by atoms with Gasteiger partial charge in [0.25, 0.3) is 0 Å². The van der Waals surface area contributed by atoms with Crippen LogP contribution in [0.5, 0.6) is 0 Å². The van der Waals surface area contributed by atoms with Crippen molar-refractivity contribution >= 4 is 16.7 Å². The van der Waals surface area contributed by atoms with Gasteiger partial charge in [-0.15, -0.1) is 0 Å². The Labute approximate surface area is 117 Å². The molecule has 3 heteroatoms. The van der Waals surface area contributed by atoms with Crippen LogP contribution in [0.1, 0.15) is 27.2 Å². The number of rotatable bonds is 2. The monoisotopic (exact) mass is 262 g/mol. The smallest absolute Gasteiger partial charge is 0.211 e. The summed E-state index contributed by atoms with van der Waals surface area (Å²) in [5.41, 5.74) is 4.00. The maximum Gasteiger partial charge on any atom is 0.211 e. The topological polar surface area (TPSA) is 42.9 Å². The molecule has 0 amide bonds. The molecule has 2 heterocycles. The Kier molecular flexibility index (Phi) is 3.03. The highest BCUT2D eigenvalue weighted by Crippen LogP contribution is 2.17. The molecule has 3 aromatic rings. The van der Waals surface area contributed by atoms with Crippen LogP contribution >= 0.6 is 0 Å². The van der Waals surface area contributed by atoms with E-state index in [0.717, 1.165) is 22.0 Å². The Morgan fingerprint density at radius 2 is 1.90 bits per heavy atom. The minimum Gasteiger partial charge on any atom is -0.287 e. The van der Waals surface area contributed by atoms with Crippen LogP contribution in [0.4, 0.5) is 0 Å². The van der Waals surface area contributed by atoms with E-state index in [2.05, 4.69) is 9.97 Å². The lowest BCUT2D eigenvalue weighted by atomic mass is 10.0. The lowest BCUT2D eigenvalue weighted by Crippen LogP contribution is -2.06. The molecule has 0 N–H and O–H groups in total. The van der Waals surface area contributed by atoms with Crippen molar-refractivity contribution in [1.82, 2.24) is 9.97 Å². The second-order valence-electron chi connectivity index (χ2n) is 4.92. The van der Waals surface area contributed by atoms with E-state index in [-0.39, 0.29) is 5.78 Å². The van der Waals surface area contributed by atoms with Crippen molar-refractivity contribution in [3.63, 3.8) is 0 Å². The molecule has 3 nitrogen and oxygen atoms in total. The Morgan fingerprint density at radius 3 is 2.70 bits per heavy atom. The van der Waals surface area contributed by atoms with E-state index in [9.17, 15) is 4.79 Å². The molecule has 0 spiro atoms. The van der Waals surface area contributed by atoms with E-state index in [4.69, 9.17) is 0 Å². The number of aromatic nitrogens is 2. The molecule has 98 valence electrons. The molecule has 0 fully saturated rings. The van der Waals surface area contributed by atoms with Crippen LogP contribution in [0.3, 0.4) is 0 Å². The van der Waals surface area contributed by atoms with Gasteiger partial charge in [-0.3, -0.25) is 14.8 Å². The summed E-state index contributed by atoms with van der Waals surface area (Å²) in [4.78, 5) is 21.1. The largest absolute Gasteiger partial charge is 0.287 e. The highest BCUT2D eigenvalue weighted by atomic mass is 16.1. The quantitative estimate of drug-likeness (QED) is 0.664. The van der Waals surface area contributed by atoms with Crippen molar-refractivity contribution in [2.24, 2.45) is 0 Å². The maximum absolute atomic E-state index is 12.5. The number of benzene rings is 1. The van der Waals surface area contributed by atoms with Gasteiger partial charge in [-0.1, -0.05) is 12.1 Å². The van der Waals surface area contributed by atoms with Crippen molar-refractivity contribution < 1.29 is 4.79 Å². The third kappa shape index (κ3) is 2.18. The van der Waals surface area contributed by atoms with Crippen LogP contribution in [0.2, 0.25) is 0 Å². The first-order chi connectivity index (χ1) is 9.65. The minimum absolute atomic E-state index is 0.0479. The van der Waals surface area contributed by atoms with Crippen LogP contribution in [-0.2, 0) is 0 Å². The van der Waals surface area contributed by atoms with Crippen molar-refractivity contribution in [1.29, 1.82) is 0 Å². The van der Waals surface area contributed by atoms with E-state index in [1.807, 2.05) is 44.2 Å². The molecule has 20 heavy (non-hydrogen) atoms. The number of aryl methyl sites for hydroxylation is 2. The number of carbonyl (C=O) groups is 1. The van der Waals surface area contributed by atoms with Gasteiger partial charge in [0.05, 0.1) is 5.52 Å². The molecule has 0 saturated heterocycles. The van der Waals surface area contributed by atoms with Crippen LogP contribution in [0.25, 0.3) is 10.9 Å². The highest BCUT2D eigenvalue weighted by Gasteiger charge is 2.13. The second kappa shape index (κ2) is 4.85. The third-order valence-electron chi connectivity index (χ3n) is 3.30. The number of pyridine rings is 2. The fourth-order valence-electron chi connectivity index (χ4n) is 2.31. The number of fused-ring (bicyclic) bond motifs is 1. The van der Waals surface area contributed by atoms with Gasteiger partial charge in [-0.05, 0) is 49.2 Å². The summed E-state index contributed by atoms with van der Waals surface area (Å²) in [6, 6.07) is 11.3. The molecule has 0 aliphatic rings. The first-order valence-corrected chi connectivity index (χ1v) is 6.48. The number of hydrogen-bond donors (Lipinski definition) is 0. The van der Waals surface area contributed by atoms with Gasteiger partial charge < -0.3 is 0 Å². The number of hydrogen-bond acceptors (Lipinski definition) is 3. The van der Waals surface area contributed by atoms with Gasteiger partial charge in [-0.25, -0.2) is 0 Å². The van der Waals surface area contributed by atoms with Crippen molar-refractivity contribution in [3.05, 3.63) is 71.2 Å². The Balaban J connectivity index is 2.08. The summed E-state index contributed by atoms with van der Waals surface area (Å²) in [5.74, 6) is -0.0479. The first-order valence-electron chi connectivity index (χ1n) is 6.48. The van der Waals surface area contributed by atoms with Crippen molar-refractivity contribution in [2.45, 2.75) is 13.8 Å². The molecule has 3 rings (SSSR count). The van der Waals surface area contributed by atoms with Crippen molar-refractivity contribution in [3.8, 4) is 0 Å². The fourth-order valence-corrected chi connectivity index (χ4v) is 2.31. The van der Waals surface area contributed by atoms with Crippen LogP contribution in [0.15, 0.2) is 48.8 Å². The zero-order chi connectivity index (χ0) is 14.1. The molecule has 0 radical (unpaired) electrons. The van der Waals surface area contributed by atoms with E-state index in [0.29, 0.717) is 11.3 Å². The zero-order valence-corrected chi connectivity index (χ0v) is 11.4. The molecule has 0 unspecified atom stereocenters. The molecular weight excluding hydrogens is 248 g/mol. The number of carbonyl (C=O) groups excluding carboxylic acids is 1. The standard InChI is InChI=1S/C17H14N2O/c1-11-8-12(2)16(19-10-11)17(20)14-5-6-15-13(9-14)4-3-7-18-15/h3-10H,1-2H3. The Hall–Kier alpha value is -2.55. The molecule has 0 aliphatic carbocycles. The van der Waals surface area contributed by atoms with Crippen LogP contribution in [0, 0.1) is 13.8 Å². The molecule has 0 aliphatic heterocycles. The van der Waals surface area contributed by atoms with Crippen molar-refractivity contribution in [2.75, 3.05) is 0 Å². The SMILES string of the molecule is Cc1cnc(C(=O)c2ccc3ncccc3c2)c(C)c1. The van der Waals surface area contributed by atoms with Crippen LogP contribution < -0.4 is 0 Å². The van der Waals surface area contributed by atoms with Gasteiger partial charge >= 0.3 is 0 Å². The lowest BCUT2D eigenvalue weighted by Gasteiger charge is -2.06. The Morgan fingerprint density at radius 1 is 1.05 bits per heavy atom. The molecule has 2 aromatic heterocycles. The minimum atomic E-state index is -0.0479. The summed E-state index contributed by atoms with van der Waals surface area (Å²) >= 11 is 0. The number of ketones is 1. The maximum atomic E-state index is 12.5. The normalized spacial score (nSPS) is 10.7. The molecule has 0 saturated carbocycles. The first kappa shape index (κ1) is 12.5. The average molecular weight is 262 g/mol. The molecule has 0 atom stereocenters.